The summed E-state index contributed by atoms with van der Waals surface area (Å²) in [5.74, 6) is 1.36. The topological polar surface area (TPSA) is 22.9 Å². The van der Waals surface area contributed by atoms with Gasteiger partial charge >= 0.3 is 0 Å². The van der Waals surface area contributed by atoms with Gasteiger partial charge in [-0.05, 0) is 152 Å². The third kappa shape index (κ3) is 8.81. The Kier molecular flexibility index (Phi) is 12.6. The summed E-state index contributed by atoms with van der Waals surface area (Å²) in [7, 11) is 0. The Bertz CT molecular complexity index is 3810. The molecule has 6 aliphatic rings. The maximum absolute atomic E-state index is 7.93. The zero-order valence-electron chi connectivity index (χ0n) is 53.2. The van der Waals surface area contributed by atoms with Crippen molar-refractivity contribution >= 4 is 51.6 Å². The quantitative estimate of drug-likeness (QED) is 0.155. The summed E-state index contributed by atoms with van der Waals surface area (Å²) in [6.07, 6.45) is 16.8. The molecule has 1 aromatic heterocycles. The first kappa shape index (κ1) is 55.5. The minimum atomic E-state index is -0.138. The average molecular weight is 1100 g/mol. The number of allylic oxidation sites excluding steroid dienone is 4. The van der Waals surface area contributed by atoms with Crippen molar-refractivity contribution in [1.29, 1.82) is 0 Å². The first-order chi connectivity index (χ1) is 39.1. The van der Waals surface area contributed by atoms with Gasteiger partial charge in [0, 0.05) is 67.8 Å². The highest BCUT2D eigenvalue weighted by molar-refractivity contribution is 6.95. The van der Waals surface area contributed by atoms with Crippen LogP contribution in [0.25, 0.3) is 33.2 Å². The van der Waals surface area contributed by atoms with Crippen LogP contribution in [-0.2, 0) is 27.1 Å². The predicted molar refractivity (Wildman–Crippen MR) is 356 cm³/mol. The average Bonchev–Trinajstić information content (AvgIpc) is 1.66. The second-order valence-electron chi connectivity index (χ2n) is 31.4. The molecule has 0 amide bonds. The summed E-state index contributed by atoms with van der Waals surface area (Å²) in [6, 6.07) is 49.6. The minimum absolute atomic E-state index is 0.0139. The van der Waals surface area contributed by atoms with Crippen LogP contribution in [0.15, 0.2) is 179 Å². The number of hydrogen-bond donors (Lipinski definition) is 0. The minimum Gasteiger partial charge on any atom is -0.440 e. The maximum atomic E-state index is 7.93. The van der Waals surface area contributed by atoms with Gasteiger partial charge in [-0.25, -0.2) is 0 Å². The lowest BCUT2D eigenvalue weighted by Gasteiger charge is -2.57. The lowest BCUT2D eigenvalue weighted by Crippen LogP contribution is -2.67. The van der Waals surface area contributed by atoms with Crippen LogP contribution < -0.4 is 25.6 Å². The van der Waals surface area contributed by atoms with Gasteiger partial charge in [-0.1, -0.05) is 233 Å². The molecule has 4 atom stereocenters. The van der Waals surface area contributed by atoms with Crippen LogP contribution in [0.3, 0.4) is 0 Å². The van der Waals surface area contributed by atoms with E-state index in [0.29, 0.717) is 5.92 Å². The molecule has 0 radical (unpaired) electrons. The highest BCUT2D eigenvalue weighted by Gasteiger charge is 2.64. The van der Waals surface area contributed by atoms with E-state index in [4.69, 9.17) is 4.42 Å². The number of benzene rings is 6. The molecule has 3 aliphatic heterocycles. The van der Waals surface area contributed by atoms with E-state index >= 15 is 0 Å². The zero-order valence-corrected chi connectivity index (χ0v) is 53.2. The number of rotatable bonds is 6. The largest absolute Gasteiger partial charge is 0.440 e. The fraction of sp³-hybridized carbons (Fsp3) is 0.410. The molecule has 3 aliphatic carbocycles. The van der Waals surface area contributed by atoms with E-state index in [1.807, 2.05) is 0 Å². The number of hydrogen-bond acceptors (Lipinski definition) is 4. The molecular formula is C78H90BN3O. The van der Waals surface area contributed by atoms with Gasteiger partial charge in [0.1, 0.15) is 5.58 Å². The van der Waals surface area contributed by atoms with Crippen molar-refractivity contribution in [3.63, 3.8) is 0 Å². The molecule has 6 aromatic carbocycles. The molecule has 0 N–H and O–H groups in total. The Hall–Kier alpha value is -6.72. The molecule has 4 nitrogen and oxygen atoms in total. The molecule has 5 heteroatoms. The van der Waals surface area contributed by atoms with Crippen LogP contribution in [0.4, 0.5) is 22.9 Å². The maximum Gasteiger partial charge on any atom is 0.252 e. The predicted octanol–water partition coefficient (Wildman–Crippen LogP) is 19.6. The van der Waals surface area contributed by atoms with Crippen LogP contribution in [0.5, 0.6) is 0 Å². The number of fused-ring (bicyclic) bond motifs is 9. The lowest BCUT2D eigenvalue weighted by atomic mass is 9.31. The van der Waals surface area contributed by atoms with Gasteiger partial charge in [-0.2, -0.15) is 0 Å². The first-order valence-corrected chi connectivity index (χ1v) is 31.4. The first-order valence-electron chi connectivity index (χ1n) is 31.4. The van der Waals surface area contributed by atoms with Crippen molar-refractivity contribution < 1.29 is 4.42 Å². The van der Waals surface area contributed by atoms with Crippen molar-refractivity contribution in [3.8, 4) is 22.3 Å². The number of anilines is 4. The highest BCUT2D eigenvalue weighted by atomic mass is 16.4. The van der Waals surface area contributed by atoms with Gasteiger partial charge in [-0.3, -0.25) is 4.90 Å². The molecule has 1 fully saturated rings. The van der Waals surface area contributed by atoms with Gasteiger partial charge in [0.05, 0.1) is 11.7 Å². The fourth-order valence-electron chi connectivity index (χ4n) is 15.6. The summed E-state index contributed by atoms with van der Waals surface area (Å²) < 4.78 is 7.93. The second-order valence-corrected chi connectivity index (χ2v) is 31.4. The van der Waals surface area contributed by atoms with Gasteiger partial charge in [0.15, 0.2) is 0 Å². The number of furan rings is 1. The van der Waals surface area contributed by atoms with Gasteiger partial charge in [0.25, 0.3) is 6.71 Å². The van der Waals surface area contributed by atoms with Crippen LogP contribution in [0, 0.1) is 11.3 Å². The molecular weight excluding hydrogens is 1010 g/mol. The molecule has 4 unspecified atom stereocenters. The smallest absolute Gasteiger partial charge is 0.252 e. The van der Waals surface area contributed by atoms with Crippen molar-refractivity contribution in [2.24, 2.45) is 11.3 Å². The monoisotopic (exact) mass is 1100 g/mol. The van der Waals surface area contributed by atoms with Crippen molar-refractivity contribution in [1.82, 2.24) is 0 Å². The second kappa shape index (κ2) is 18.9. The van der Waals surface area contributed by atoms with E-state index in [9.17, 15) is 0 Å². The molecule has 7 aromatic rings. The summed E-state index contributed by atoms with van der Waals surface area (Å²) in [4.78, 5) is 8.39. The third-order valence-corrected chi connectivity index (χ3v) is 20.9. The van der Waals surface area contributed by atoms with E-state index in [2.05, 4.69) is 284 Å². The Balaban J connectivity index is 1.21. The van der Waals surface area contributed by atoms with Gasteiger partial charge in [0.2, 0.25) is 5.88 Å². The van der Waals surface area contributed by atoms with E-state index in [1.54, 1.807) is 5.56 Å². The van der Waals surface area contributed by atoms with Crippen LogP contribution in [-0.4, -0.2) is 18.3 Å². The van der Waals surface area contributed by atoms with Crippen LogP contribution in [0.2, 0.25) is 0 Å². The van der Waals surface area contributed by atoms with Crippen LogP contribution >= 0.6 is 0 Å². The van der Waals surface area contributed by atoms with Gasteiger partial charge < -0.3 is 14.2 Å². The van der Waals surface area contributed by atoms with Crippen molar-refractivity contribution in [2.75, 3.05) is 14.7 Å². The number of nitrogens with zero attached hydrogens (tertiary/aromatic N) is 3. The van der Waals surface area contributed by atoms with E-state index in [1.165, 1.54) is 114 Å². The summed E-state index contributed by atoms with van der Waals surface area (Å²) in [5.41, 5.74) is 24.1. The molecule has 0 spiro atoms. The van der Waals surface area contributed by atoms with E-state index < -0.39 is 0 Å². The molecule has 0 bridgehead atoms. The molecule has 13 rings (SSSR count). The van der Waals surface area contributed by atoms with Crippen molar-refractivity contribution in [2.45, 2.75) is 195 Å². The van der Waals surface area contributed by atoms with Crippen molar-refractivity contribution in [3.05, 3.63) is 202 Å². The SMILES string of the molecule is CC(C)(C)c1ccc(N(C2=CCC(C(C)(C)C)C=C2)C2=CC3=C4B(c5cc(C(C)(C)C)cc6c5N(C4C2)C2(C)CCCCC62C)c2c(oc4cc(C(C)(C)C)ccc24)N3c2c(-c3ccccc3)cc(C(C)(C)C)cc2-c2ccccc2)cc1. The van der Waals surface area contributed by atoms with E-state index in [0.717, 1.165) is 36.4 Å². The Morgan fingerprint density at radius 3 is 1.75 bits per heavy atom. The van der Waals surface area contributed by atoms with Gasteiger partial charge in [-0.15, -0.1) is 0 Å². The molecule has 4 heterocycles. The molecule has 1 saturated carbocycles. The van der Waals surface area contributed by atoms with Crippen LogP contribution in [0.1, 0.15) is 184 Å². The summed E-state index contributed by atoms with van der Waals surface area (Å²) in [5, 5.41) is 1.21. The van der Waals surface area contributed by atoms with E-state index in [-0.39, 0.29) is 50.8 Å². The fourth-order valence-corrected chi connectivity index (χ4v) is 15.6. The Morgan fingerprint density at radius 2 is 1.18 bits per heavy atom. The Morgan fingerprint density at radius 1 is 0.602 bits per heavy atom. The molecule has 0 saturated heterocycles. The summed E-state index contributed by atoms with van der Waals surface area (Å²) in [6.45, 7) is 40.8. The normalized spacial score (nSPS) is 22.3. The third-order valence-electron chi connectivity index (χ3n) is 20.9. The molecule has 83 heavy (non-hydrogen) atoms. The summed E-state index contributed by atoms with van der Waals surface area (Å²) >= 11 is 0. The Labute approximate surface area is 498 Å². The lowest BCUT2D eigenvalue weighted by molar-refractivity contribution is 0.177. The zero-order chi connectivity index (χ0) is 58.7. The standard InChI is InChI=1S/C78H90BN3O/c1-72(2,3)51-30-35-56(36-31-51)80(57-37-32-52(33-38-57)73(4,5)6)58-47-64-68-65(48-58)82-70-62(77(16)40-24-25-41-78(77,82)17)44-55(76(13,14)15)45-63(70)79(68)67-59-39-34-53(74(7,8)9)46-66(59)83-71(67)81(64)69-60(49-26-20-18-21-27-49)42-54(75(10,11)12)43-61(69)50-28-22-19-23-29-50/h18-23,26-32,34-39,42-47,52,65H,24-25,33,40-41,48H2,1-17H3. The molecule has 426 valence electrons. The highest BCUT2D eigenvalue weighted by Crippen LogP contribution is 2.63.